The van der Waals surface area contributed by atoms with E-state index in [-0.39, 0.29) is 5.91 Å². The first kappa shape index (κ1) is 13.1. The molecule has 0 radical (unpaired) electrons. The van der Waals surface area contributed by atoms with Crippen LogP contribution in [0, 0.1) is 0 Å². The van der Waals surface area contributed by atoms with E-state index in [1.165, 1.54) is 0 Å². The molecule has 0 saturated carbocycles. The van der Waals surface area contributed by atoms with Gasteiger partial charge in [0.2, 0.25) is 0 Å². The Morgan fingerprint density at radius 3 is 3.00 bits per heavy atom. The van der Waals surface area contributed by atoms with Crippen LogP contribution in [-0.4, -0.2) is 31.4 Å². The molecule has 1 amide bonds. The second kappa shape index (κ2) is 5.34. The monoisotopic (exact) mass is 306 g/mol. The van der Waals surface area contributed by atoms with E-state index in [4.69, 9.17) is 0 Å². The molecule has 2 N–H and O–H groups in total. The maximum Gasteiger partial charge on any atom is 0.273 e. The number of nitrogens with zero attached hydrogens (tertiary/aromatic N) is 4. The van der Waals surface area contributed by atoms with Crippen molar-refractivity contribution >= 4 is 22.6 Å². The van der Waals surface area contributed by atoms with E-state index in [2.05, 4.69) is 35.4 Å². The number of rotatable bonds is 3. The highest BCUT2D eigenvalue weighted by molar-refractivity contribution is 6.07. The first-order chi connectivity index (χ1) is 11.3. The molecule has 1 aromatic carbocycles. The summed E-state index contributed by atoms with van der Waals surface area (Å²) in [4.78, 5) is 16.4. The fourth-order valence-corrected chi connectivity index (χ4v) is 2.20. The second-order valence-corrected chi connectivity index (χ2v) is 4.80. The van der Waals surface area contributed by atoms with Crippen LogP contribution in [0.1, 0.15) is 10.5 Å². The molecule has 8 nitrogen and oxygen atoms in total. The van der Waals surface area contributed by atoms with E-state index in [0.717, 1.165) is 5.56 Å². The highest BCUT2D eigenvalue weighted by atomic mass is 16.6. The predicted octanol–water partition coefficient (Wildman–Crippen LogP) is 2.26. The number of aromatic nitrogens is 5. The molecule has 0 aliphatic carbocycles. The van der Waals surface area contributed by atoms with Crippen LogP contribution in [0.5, 0.6) is 0 Å². The zero-order valence-corrected chi connectivity index (χ0v) is 11.7. The summed E-state index contributed by atoms with van der Waals surface area (Å²) >= 11 is 0. The van der Waals surface area contributed by atoms with Crippen molar-refractivity contribution in [3.63, 3.8) is 0 Å². The number of nitrogens with one attached hydrogen (secondary N) is 2. The van der Waals surface area contributed by atoms with Crippen LogP contribution >= 0.6 is 0 Å². The standard InChI is InChI=1S/C15H10N6O2/c22-15(17-10-4-1-5-11-14(10)21-23-20-11)13-7-12(18-19-13)9-3-2-6-16-8-9/h1-8H,(H,17,22)(H,18,19). The van der Waals surface area contributed by atoms with Gasteiger partial charge in [-0.05, 0) is 40.6 Å². The van der Waals surface area contributed by atoms with Gasteiger partial charge in [-0.2, -0.15) is 5.10 Å². The van der Waals surface area contributed by atoms with Gasteiger partial charge < -0.3 is 5.32 Å². The number of fused-ring (bicyclic) bond motifs is 1. The lowest BCUT2D eigenvalue weighted by Crippen LogP contribution is -2.12. The van der Waals surface area contributed by atoms with Crippen molar-refractivity contribution < 1.29 is 9.42 Å². The Hall–Kier alpha value is -3.55. The lowest BCUT2D eigenvalue weighted by atomic mass is 10.2. The minimum absolute atomic E-state index is 0.330. The predicted molar refractivity (Wildman–Crippen MR) is 81.6 cm³/mol. The molecule has 0 saturated heterocycles. The summed E-state index contributed by atoms with van der Waals surface area (Å²) in [7, 11) is 0. The molecule has 4 rings (SSSR count). The van der Waals surface area contributed by atoms with Crippen LogP contribution in [0.25, 0.3) is 22.3 Å². The molecule has 0 bridgehead atoms. The summed E-state index contributed by atoms with van der Waals surface area (Å²) in [5.74, 6) is -0.330. The van der Waals surface area contributed by atoms with Crippen molar-refractivity contribution in [1.29, 1.82) is 0 Å². The average molecular weight is 306 g/mol. The van der Waals surface area contributed by atoms with Crippen molar-refractivity contribution in [2.45, 2.75) is 0 Å². The Balaban J connectivity index is 1.60. The molecule has 0 aliphatic rings. The zero-order valence-electron chi connectivity index (χ0n) is 11.7. The lowest BCUT2D eigenvalue weighted by Gasteiger charge is -2.02. The van der Waals surface area contributed by atoms with Crippen molar-refractivity contribution in [2.75, 3.05) is 5.32 Å². The molecule has 23 heavy (non-hydrogen) atoms. The Labute approximate surface area is 129 Å². The Morgan fingerprint density at radius 1 is 1.17 bits per heavy atom. The number of aromatic amines is 1. The van der Waals surface area contributed by atoms with Gasteiger partial charge in [-0.3, -0.25) is 14.9 Å². The van der Waals surface area contributed by atoms with Gasteiger partial charge in [0.05, 0.1) is 11.4 Å². The third-order valence-corrected chi connectivity index (χ3v) is 3.31. The molecule has 0 atom stereocenters. The molecular weight excluding hydrogens is 296 g/mol. The van der Waals surface area contributed by atoms with Crippen LogP contribution in [0.15, 0.2) is 53.4 Å². The molecule has 8 heteroatoms. The summed E-state index contributed by atoms with van der Waals surface area (Å²) in [6.07, 6.45) is 3.36. The van der Waals surface area contributed by atoms with Crippen molar-refractivity contribution in [3.8, 4) is 11.3 Å². The summed E-state index contributed by atoms with van der Waals surface area (Å²) in [5.41, 5.74) is 3.38. The molecular formula is C15H10N6O2. The van der Waals surface area contributed by atoms with Gasteiger partial charge in [0.15, 0.2) is 5.52 Å². The van der Waals surface area contributed by atoms with Gasteiger partial charge in [-0.15, -0.1) is 0 Å². The van der Waals surface area contributed by atoms with E-state index in [9.17, 15) is 4.79 Å². The van der Waals surface area contributed by atoms with Crippen molar-refractivity contribution in [2.24, 2.45) is 0 Å². The molecule has 0 aliphatic heterocycles. The third kappa shape index (κ3) is 2.42. The van der Waals surface area contributed by atoms with Crippen LogP contribution < -0.4 is 5.32 Å². The molecule has 3 heterocycles. The first-order valence-electron chi connectivity index (χ1n) is 6.80. The Bertz CT molecular complexity index is 976. The molecule has 0 fully saturated rings. The summed E-state index contributed by atoms with van der Waals surface area (Å²) < 4.78 is 4.68. The Morgan fingerprint density at radius 2 is 2.13 bits per heavy atom. The normalized spacial score (nSPS) is 10.8. The quantitative estimate of drug-likeness (QED) is 0.601. The fourth-order valence-electron chi connectivity index (χ4n) is 2.20. The largest absolute Gasteiger partial charge is 0.319 e. The minimum atomic E-state index is -0.330. The number of carbonyl (C=O) groups excluding carboxylic acids is 1. The van der Waals surface area contributed by atoms with E-state index in [0.29, 0.717) is 28.1 Å². The van der Waals surface area contributed by atoms with Crippen molar-refractivity contribution in [3.05, 3.63) is 54.5 Å². The van der Waals surface area contributed by atoms with E-state index in [1.54, 1.807) is 36.7 Å². The summed E-state index contributed by atoms with van der Waals surface area (Å²) in [6, 6.07) is 10.6. The smallest absolute Gasteiger partial charge is 0.273 e. The topological polar surface area (TPSA) is 110 Å². The van der Waals surface area contributed by atoms with Gasteiger partial charge in [-0.1, -0.05) is 6.07 Å². The van der Waals surface area contributed by atoms with Gasteiger partial charge >= 0.3 is 0 Å². The SMILES string of the molecule is O=C(Nc1cccc2nonc12)c1cc(-c2cccnc2)n[nH]1. The number of carbonyl (C=O) groups is 1. The molecule has 0 spiro atoms. The van der Waals surface area contributed by atoms with Crippen molar-refractivity contribution in [1.82, 2.24) is 25.5 Å². The molecule has 4 aromatic rings. The number of benzene rings is 1. The number of pyridine rings is 1. The highest BCUT2D eigenvalue weighted by Crippen LogP contribution is 2.21. The summed E-state index contributed by atoms with van der Waals surface area (Å²) in [5, 5.41) is 17.1. The number of amides is 1. The average Bonchev–Trinajstić information content (AvgIpc) is 3.25. The minimum Gasteiger partial charge on any atom is -0.319 e. The summed E-state index contributed by atoms with van der Waals surface area (Å²) in [6.45, 7) is 0. The van der Waals surface area contributed by atoms with Crippen LogP contribution in [0.3, 0.4) is 0 Å². The zero-order chi connectivity index (χ0) is 15.6. The van der Waals surface area contributed by atoms with Gasteiger partial charge in [0.25, 0.3) is 5.91 Å². The maximum absolute atomic E-state index is 12.3. The van der Waals surface area contributed by atoms with Crippen LogP contribution in [-0.2, 0) is 0 Å². The Kier molecular flexibility index (Phi) is 3.05. The number of hydrogen-bond acceptors (Lipinski definition) is 6. The number of H-pyrrole nitrogens is 1. The third-order valence-electron chi connectivity index (χ3n) is 3.31. The maximum atomic E-state index is 12.3. The van der Waals surface area contributed by atoms with Gasteiger partial charge in [0.1, 0.15) is 11.2 Å². The second-order valence-electron chi connectivity index (χ2n) is 4.80. The van der Waals surface area contributed by atoms with E-state index in [1.807, 2.05) is 12.1 Å². The molecule has 3 aromatic heterocycles. The first-order valence-corrected chi connectivity index (χ1v) is 6.80. The van der Waals surface area contributed by atoms with Gasteiger partial charge in [0, 0.05) is 18.0 Å². The molecule has 0 unspecified atom stereocenters. The number of anilines is 1. The van der Waals surface area contributed by atoms with E-state index >= 15 is 0 Å². The highest BCUT2D eigenvalue weighted by Gasteiger charge is 2.14. The lowest BCUT2D eigenvalue weighted by molar-refractivity contribution is 0.102. The van der Waals surface area contributed by atoms with E-state index < -0.39 is 0 Å². The van der Waals surface area contributed by atoms with Crippen LogP contribution in [0.2, 0.25) is 0 Å². The van der Waals surface area contributed by atoms with Gasteiger partial charge in [-0.25, -0.2) is 4.63 Å². The number of hydrogen-bond donors (Lipinski definition) is 2. The molecule has 112 valence electrons. The van der Waals surface area contributed by atoms with Crippen LogP contribution in [0.4, 0.5) is 5.69 Å². The fraction of sp³-hybridized carbons (Fsp3) is 0.